The van der Waals surface area contributed by atoms with Crippen LogP contribution in [0.2, 0.25) is 0 Å². The Morgan fingerprint density at radius 1 is 1.22 bits per heavy atom. The predicted molar refractivity (Wildman–Crippen MR) is 65.7 cm³/mol. The highest BCUT2D eigenvalue weighted by Crippen LogP contribution is 2.22. The zero-order valence-electron chi connectivity index (χ0n) is 9.79. The molecule has 1 unspecified atom stereocenters. The van der Waals surface area contributed by atoms with Crippen molar-refractivity contribution >= 4 is 29.7 Å². The maximum Gasteiger partial charge on any atom is 0.323 e. The van der Waals surface area contributed by atoms with Gasteiger partial charge in [0.05, 0.1) is 0 Å². The van der Waals surface area contributed by atoms with E-state index in [0.29, 0.717) is 12.5 Å². The second-order valence-electron chi connectivity index (χ2n) is 4.06. The number of carbonyl (C=O) groups excluding carboxylic acids is 1. The quantitative estimate of drug-likeness (QED) is 0.626. The van der Waals surface area contributed by atoms with Crippen LogP contribution in [0, 0.1) is 5.92 Å². The summed E-state index contributed by atoms with van der Waals surface area (Å²) in [6.45, 7) is -0.767. The van der Waals surface area contributed by atoms with Gasteiger partial charge in [-0.25, -0.2) is 4.79 Å². The summed E-state index contributed by atoms with van der Waals surface area (Å²) in [6.07, 6.45) is 1.02. The van der Waals surface area contributed by atoms with Crippen LogP contribution in [0.3, 0.4) is 0 Å². The average molecular weight is 276 g/mol. The molecule has 0 aromatic rings. The Labute approximate surface area is 109 Å². The lowest BCUT2D eigenvalue weighted by molar-refractivity contribution is -0.140. The molecule has 8 heteroatoms. The minimum absolute atomic E-state index is 0.385. The third-order valence-corrected chi connectivity index (χ3v) is 3.74. The van der Waals surface area contributed by atoms with E-state index in [1.807, 2.05) is 11.8 Å². The maximum atomic E-state index is 11.7. The first kappa shape index (κ1) is 14.6. The number of hydrogen-bond acceptors (Lipinski definition) is 4. The van der Waals surface area contributed by atoms with Crippen LogP contribution in [0.5, 0.6) is 0 Å². The number of carboxylic acid groups (broad SMARTS) is 2. The fourth-order valence-electron chi connectivity index (χ4n) is 1.61. The van der Waals surface area contributed by atoms with E-state index in [0.717, 1.165) is 22.8 Å². The van der Waals surface area contributed by atoms with Gasteiger partial charge in [0, 0.05) is 6.54 Å². The van der Waals surface area contributed by atoms with Crippen LogP contribution >= 0.6 is 11.8 Å². The topological polar surface area (TPSA) is 107 Å². The molecule has 1 aliphatic heterocycles. The Kier molecular flexibility index (Phi) is 5.76. The Bertz CT molecular complexity index is 314. The van der Waals surface area contributed by atoms with Crippen molar-refractivity contribution in [2.24, 2.45) is 5.92 Å². The highest BCUT2D eigenvalue weighted by atomic mass is 32.2. The number of nitrogens with zero attached hydrogens (tertiary/aromatic N) is 1. The molecule has 102 valence electrons. The third-order valence-electron chi connectivity index (χ3n) is 2.51. The normalized spacial score (nSPS) is 18.3. The molecule has 1 rings (SSSR count). The molecule has 0 radical (unpaired) electrons. The van der Waals surface area contributed by atoms with Gasteiger partial charge in [0.15, 0.2) is 0 Å². The van der Waals surface area contributed by atoms with E-state index in [-0.39, 0.29) is 0 Å². The standard InChI is InChI=1S/C10H16N2O5S/c13-8(14)4-12(5-9(15)16)10(17)11-3-7-1-2-18-6-7/h7H,1-6H2,(H,11,17)(H,13,14)(H,15,16). The maximum absolute atomic E-state index is 11.7. The van der Waals surface area contributed by atoms with Gasteiger partial charge in [-0.05, 0) is 23.8 Å². The SMILES string of the molecule is O=C(O)CN(CC(=O)O)C(=O)NCC1CCSC1. The van der Waals surface area contributed by atoms with Crippen LogP contribution < -0.4 is 5.32 Å². The van der Waals surface area contributed by atoms with Crippen molar-refractivity contribution in [2.45, 2.75) is 6.42 Å². The Balaban J connectivity index is 2.41. The van der Waals surface area contributed by atoms with Gasteiger partial charge in [-0.3, -0.25) is 9.59 Å². The van der Waals surface area contributed by atoms with E-state index < -0.39 is 31.1 Å². The smallest absolute Gasteiger partial charge is 0.323 e. The number of carbonyl (C=O) groups is 3. The molecule has 0 aromatic heterocycles. The number of urea groups is 1. The lowest BCUT2D eigenvalue weighted by atomic mass is 10.1. The molecule has 0 aromatic carbocycles. The Morgan fingerprint density at radius 3 is 2.28 bits per heavy atom. The molecular weight excluding hydrogens is 260 g/mol. The highest BCUT2D eigenvalue weighted by molar-refractivity contribution is 7.99. The molecule has 3 N–H and O–H groups in total. The van der Waals surface area contributed by atoms with Gasteiger partial charge in [0.25, 0.3) is 0 Å². The van der Waals surface area contributed by atoms with Gasteiger partial charge in [0.1, 0.15) is 13.1 Å². The minimum atomic E-state index is -1.23. The molecule has 1 saturated heterocycles. The molecule has 0 spiro atoms. The summed E-state index contributed by atoms with van der Waals surface area (Å²) in [5.74, 6) is -0.0479. The lowest BCUT2D eigenvalue weighted by Gasteiger charge is -2.20. The molecule has 0 aliphatic carbocycles. The van der Waals surface area contributed by atoms with Crippen molar-refractivity contribution in [3.8, 4) is 0 Å². The number of aliphatic carboxylic acids is 2. The van der Waals surface area contributed by atoms with Crippen molar-refractivity contribution in [3.05, 3.63) is 0 Å². The molecule has 2 amide bonds. The highest BCUT2D eigenvalue weighted by Gasteiger charge is 2.21. The third kappa shape index (κ3) is 5.26. The van der Waals surface area contributed by atoms with E-state index in [1.165, 1.54) is 0 Å². The molecule has 1 heterocycles. The van der Waals surface area contributed by atoms with E-state index >= 15 is 0 Å². The van der Waals surface area contributed by atoms with Crippen LogP contribution in [-0.2, 0) is 9.59 Å². The van der Waals surface area contributed by atoms with Crippen LogP contribution in [0.25, 0.3) is 0 Å². The number of amides is 2. The van der Waals surface area contributed by atoms with Crippen LogP contribution in [0.1, 0.15) is 6.42 Å². The largest absolute Gasteiger partial charge is 0.480 e. The summed E-state index contributed by atoms with van der Waals surface area (Å²) in [7, 11) is 0. The number of carboxylic acids is 2. The first-order valence-electron chi connectivity index (χ1n) is 5.53. The lowest BCUT2D eigenvalue weighted by Crippen LogP contribution is -2.46. The van der Waals surface area contributed by atoms with Crippen LogP contribution in [0.15, 0.2) is 0 Å². The molecule has 0 bridgehead atoms. The number of nitrogens with one attached hydrogen (secondary N) is 1. The first-order chi connectivity index (χ1) is 8.49. The summed E-state index contributed by atoms with van der Waals surface area (Å²) < 4.78 is 0. The molecule has 1 fully saturated rings. The first-order valence-corrected chi connectivity index (χ1v) is 6.68. The van der Waals surface area contributed by atoms with Crippen molar-refractivity contribution in [2.75, 3.05) is 31.1 Å². The zero-order valence-corrected chi connectivity index (χ0v) is 10.6. The fraction of sp³-hybridized carbons (Fsp3) is 0.700. The van der Waals surface area contributed by atoms with Gasteiger partial charge in [-0.15, -0.1) is 0 Å². The van der Waals surface area contributed by atoms with Gasteiger partial charge in [-0.2, -0.15) is 11.8 Å². The fourth-order valence-corrected chi connectivity index (χ4v) is 2.90. The monoisotopic (exact) mass is 276 g/mol. The summed E-state index contributed by atoms with van der Waals surface area (Å²) in [5.41, 5.74) is 0. The molecule has 18 heavy (non-hydrogen) atoms. The van der Waals surface area contributed by atoms with E-state index in [4.69, 9.17) is 10.2 Å². The van der Waals surface area contributed by atoms with E-state index in [9.17, 15) is 14.4 Å². The van der Waals surface area contributed by atoms with Crippen LogP contribution in [-0.4, -0.2) is 64.2 Å². The van der Waals surface area contributed by atoms with Crippen molar-refractivity contribution in [1.29, 1.82) is 0 Å². The second-order valence-corrected chi connectivity index (χ2v) is 5.21. The van der Waals surface area contributed by atoms with Gasteiger partial charge < -0.3 is 20.4 Å². The van der Waals surface area contributed by atoms with Gasteiger partial charge >= 0.3 is 18.0 Å². The zero-order chi connectivity index (χ0) is 13.5. The molecule has 1 aliphatic rings. The number of hydrogen-bond donors (Lipinski definition) is 3. The van der Waals surface area contributed by atoms with Gasteiger partial charge in [-0.1, -0.05) is 0 Å². The summed E-state index contributed by atoms with van der Waals surface area (Å²) in [5, 5.41) is 19.8. The predicted octanol–water partition coefficient (Wildman–Crippen LogP) is -0.0797. The molecule has 0 saturated carbocycles. The second kappa shape index (κ2) is 7.10. The van der Waals surface area contributed by atoms with Crippen LogP contribution in [0.4, 0.5) is 4.79 Å². The molecular formula is C10H16N2O5S. The average Bonchev–Trinajstić information content (AvgIpc) is 2.76. The Hall–Kier alpha value is -1.44. The Morgan fingerprint density at radius 2 is 1.83 bits per heavy atom. The minimum Gasteiger partial charge on any atom is -0.480 e. The molecule has 7 nitrogen and oxygen atoms in total. The number of rotatable bonds is 6. The van der Waals surface area contributed by atoms with Gasteiger partial charge in [0.2, 0.25) is 0 Å². The van der Waals surface area contributed by atoms with Crippen molar-refractivity contribution < 1.29 is 24.6 Å². The summed E-state index contributed by atoms with van der Waals surface area (Å²) in [4.78, 5) is 33.5. The van der Waals surface area contributed by atoms with E-state index in [1.54, 1.807) is 0 Å². The van der Waals surface area contributed by atoms with Crippen molar-refractivity contribution in [1.82, 2.24) is 10.2 Å². The van der Waals surface area contributed by atoms with Crippen molar-refractivity contribution in [3.63, 3.8) is 0 Å². The number of thioether (sulfide) groups is 1. The molecule has 1 atom stereocenters. The van der Waals surface area contributed by atoms with E-state index in [2.05, 4.69) is 5.32 Å². The summed E-state index contributed by atoms with van der Waals surface area (Å²) in [6, 6.07) is -0.642. The summed E-state index contributed by atoms with van der Waals surface area (Å²) >= 11 is 1.81.